The van der Waals surface area contributed by atoms with Crippen LogP contribution in [0.5, 0.6) is 0 Å². The van der Waals surface area contributed by atoms with Gasteiger partial charge in [-0.25, -0.2) is 0 Å². The van der Waals surface area contributed by atoms with Gasteiger partial charge in [0.25, 0.3) is 5.91 Å². The van der Waals surface area contributed by atoms with Crippen molar-refractivity contribution in [3.8, 4) is 0 Å². The van der Waals surface area contributed by atoms with Gasteiger partial charge >= 0.3 is 0 Å². The van der Waals surface area contributed by atoms with E-state index in [4.69, 9.17) is 0 Å². The molecule has 1 aliphatic heterocycles. The summed E-state index contributed by atoms with van der Waals surface area (Å²) in [7, 11) is 1.65. The zero-order valence-corrected chi connectivity index (χ0v) is 15.0. The Balaban J connectivity index is 2.25. The van der Waals surface area contributed by atoms with E-state index in [9.17, 15) is 14.4 Å². The highest BCUT2D eigenvalue weighted by molar-refractivity contribution is 6.02. The number of rotatable bonds is 5. The third-order valence-electron chi connectivity index (χ3n) is 4.69. The minimum Gasteiger partial charge on any atom is -0.352 e. The molecular weight excluding hydrogens is 318 g/mol. The number of amides is 3. The Labute approximate surface area is 148 Å². The number of nitrogens with one attached hydrogen (secondary N) is 1. The van der Waals surface area contributed by atoms with E-state index in [0.29, 0.717) is 30.8 Å². The third kappa shape index (κ3) is 3.57. The van der Waals surface area contributed by atoms with E-state index in [0.717, 1.165) is 6.42 Å². The minimum atomic E-state index is -0.835. The lowest BCUT2D eigenvalue weighted by molar-refractivity contribution is -0.134. The summed E-state index contributed by atoms with van der Waals surface area (Å²) >= 11 is 0. The smallest absolute Gasteiger partial charge is 0.254 e. The summed E-state index contributed by atoms with van der Waals surface area (Å²) in [4.78, 5) is 40.1. The molecule has 0 aromatic heterocycles. The summed E-state index contributed by atoms with van der Waals surface area (Å²) < 4.78 is 0. The highest BCUT2D eigenvalue weighted by Crippen LogP contribution is 2.26. The number of anilines is 1. The summed E-state index contributed by atoms with van der Waals surface area (Å²) in [6.45, 7) is 8.22. The molecule has 3 amide bonds. The molecule has 134 valence electrons. The van der Waals surface area contributed by atoms with Crippen LogP contribution in [0.4, 0.5) is 5.69 Å². The fourth-order valence-corrected chi connectivity index (χ4v) is 3.15. The summed E-state index contributed by atoms with van der Waals surface area (Å²) in [6.07, 6.45) is 2.65. The van der Waals surface area contributed by atoms with Gasteiger partial charge in [-0.2, -0.15) is 0 Å². The van der Waals surface area contributed by atoms with Crippen LogP contribution in [0, 0.1) is 0 Å². The summed E-state index contributed by atoms with van der Waals surface area (Å²) in [5.41, 5.74) is 0.340. The minimum absolute atomic E-state index is 0.109. The Morgan fingerprint density at radius 3 is 2.56 bits per heavy atom. The van der Waals surface area contributed by atoms with Gasteiger partial charge in [0.2, 0.25) is 11.8 Å². The molecule has 1 heterocycles. The summed E-state index contributed by atoms with van der Waals surface area (Å²) in [5, 5.41) is 2.85. The van der Waals surface area contributed by atoms with Crippen LogP contribution in [0.2, 0.25) is 0 Å². The van der Waals surface area contributed by atoms with Crippen molar-refractivity contribution < 1.29 is 14.4 Å². The Morgan fingerprint density at radius 1 is 1.36 bits per heavy atom. The number of likely N-dealkylation sites (N-methyl/N-ethyl adjacent to an activating group) is 1. The highest BCUT2D eigenvalue weighted by Gasteiger charge is 2.43. The summed E-state index contributed by atoms with van der Waals surface area (Å²) in [5.74, 6) is -0.501. The number of carbonyl (C=O) groups excluding carboxylic acids is 3. The van der Waals surface area contributed by atoms with Crippen LogP contribution in [0.15, 0.2) is 36.9 Å². The van der Waals surface area contributed by atoms with Gasteiger partial charge in [0.1, 0.15) is 5.54 Å². The maximum Gasteiger partial charge on any atom is 0.254 e. The average Bonchev–Trinajstić information content (AvgIpc) is 2.62. The molecule has 25 heavy (non-hydrogen) atoms. The van der Waals surface area contributed by atoms with E-state index in [-0.39, 0.29) is 17.7 Å². The topological polar surface area (TPSA) is 69.7 Å². The number of piperazine rings is 1. The Hall–Kier alpha value is -2.63. The van der Waals surface area contributed by atoms with Gasteiger partial charge in [-0.1, -0.05) is 19.9 Å². The number of nitrogens with zero attached hydrogens (tertiary/aromatic N) is 2. The maximum atomic E-state index is 13.0. The molecule has 6 heteroatoms. The van der Waals surface area contributed by atoms with Crippen molar-refractivity contribution in [2.24, 2.45) is 0 Å². The van der Waals surface area contributed by atoms with Crippen LogP contribution < -0.4 is 10.2 Å². The van der Waals surface area contributed by atoms with Crippen molar-refractivity contribution in [2.75, 3.05) is 25.0 Å². The molecular formula is C19H25N3O3. The van der Waals surface area contributed by atoms with Crippen LogP contribution in [0.1, 0.15) is 37.0 Å². The first-order valence-corrected chi connectivity index (χ1v) is 8.45. The molecule has 0 aliphatic carbocycles. The van der Waals surface area contributed by atoms with Gasteiger partial charge in [0, 0.05) is 31.4 Å². The first kappa shape index (κ1) is 18.7. The van der Waals surface area contributed by atoms with Crippen molar-refractivity contribution >= 4 is 23.4 Å². The van der Waals surface area contributed by atoms with Crippen LogP contribution in [0.3, 0.4) is 0 Å². The monoisotopic (exact) mass is 343 g/mol. The number of hydrogen-bond donors (Lipinski definition) is 1. The largest absolute Gasteiger partial charge is 0.352 e. The molecule has 1 aromatic rings. The molecule has 1 saturated heterocycles. The molecule has 1 aliphatic rings. The van der Waals surface area contributed by atoms with E-state index < -0.39 is 5.54 Å². The van der Waals surface area contributed by atoms with E-state index in [1.54, 1.807) is 36.2 Å². The van der Waals surface area contributed by atoms with Crippen molar-refractivity contribution in [1.82, 2.24) is 10.2 Å². The zero-order valence-electron chi connectivity index (χ0n) is 15.0. The Kier molecular flexibility index (Phi) is 5.62. The van der Waals surface area contributed by atoms with Crippen LogP contribution >= 0.6 is 0 Å². The zero-order chi connectivity index (χ0) is 18.6. The SMILES string of the molecule is C=CC(=O)N(C)c1ccc(C(=O)N2CCNC(=O)C2(C)CCC)cc1. The van der Waals surface area contributed by atoms with E-state index in [1.807, 2.05) is 13.8 Å². The average molecular weight is 343 g/mol. The molecule has 1 unspecified atom stereocenters. The fraction of sp³-hybridized carbons (Fsp3) is 0.421. The predicted octanol–water partition coefficient (Wildman–Crippen LogP) is 1.97. The maximum absolute atomic E-state index is 13.0. The molecule has 0 spiro atoms. The third-order valence-corrected chi connectivity index (χ3v) is 4.69. The fourth-order valence-electron chi connectivity index (χ4n) is 3.15. The predicted molar refractivity (Wildman–Crippen MR) is 97.4 cm³/mol. The highest BCUT2D eigenvalue weighted by atomic mass is 16.2. The molecule has 6 nitrogen and oxygen atoms in total. The van der Waals surface area contributed by atoms with E-state index in [2.05, 4.69) is 11.9 Å². The van der Waals surface area contributed by atoms with Crippen LogP contribution in [-0.4, -0.2) is 48.3 Å². The van der Waals surface area contributed by atoms with E-state index >= 15 is 0 Å². The summed E-state index contributed by atoms with van der Waals surface area (Å²) in [6, 6.07) is 6.80. The van der Waals surface area contributed by atoms with Gasteiger partial charge in [-0.15, -0.1) is 0 Å². The second-order valence-corrected chi connectivity index (χ2v) is 6.38. The molecule has 1 fully saturated rings. The Morgan fingerprint density at radius 2 is 2.00 bits per heavy atom. The second kappa shape index (κ2) is 7.51. The quantitative estimate of drug-likeness (QED) is 0.831. The molecule has 2 rings (SSSR count). The van der Waals surface area contributed by atoms with Gasteiger partial charge in [-0.05, 0) is 43.7 Å². The van der Waals surface area contributed by atoms with Gasteiger partial charge in [-0.3, -0.25) is 14.4 Å². The molecule has 0 saturated carbocycles. The first-order valence-electron chi connectivity index (χ1n) is 8.45. The molecule has 1 N–H and O–H groups in total. The van der Waals surface area contributed by atoms with Crippen molar-refractivity contribution in [3.63, 3.8) is 0 Å². The number of benzene rings is 1. The molecule has 0 bridgehead atoms. The van der Waals surface area contributed by atoms with Crippen molar-refractivity contribution in [2.45, 2.75) is 32.2 Å². The van der Waals surface area contributed by atoms with Gasteiger partial charge < -0.3 is 15.1 Å². The standard InChI is InChI=1S/C19H25N3O3/c1-5-11-19(3)18(25)20-12-13-22(19)17(24)14-7-9-15(10-8-14)21(4)16(23)6-2/h6-10H,2,5,11-13H2,1,3-4H3,(H,20,25). The Bertz CT molecular complexity index is 684. The number of hydrogen-bond acceptors (Lipinski definition) is 3. The molecule has 1 aromatic carbocycles. The lowest BCUT2D eigenvalue weighted by Crippen LogP contribution is -2.64. The van der Waals surface area contributed by atoms with Crippen LogP contribution in [-0.2, 0) is 9.59 Å². The van der Waals surface area contributed by atoms with E-state index in [1.165, 1.54) is 11.0 Å². The lowest BCUT2D eigenvalue weighted by Gasteiger charge is -2.43. The van der Waals surface area contributed by atoms with Crippen molar-refractivity contribution in [3.05, 3.63) is 42.5 Å². The second-order valence-electron chi connectivity index (χ2n) is 6.38. The molecule has 0 radical (unpaired) electrons. The van der Waals surface area contributed by atoms with Crippen LogP contribution in [0.25, 0.3) is 0 Å². The molecule has 1 atom stereocenters. The van der Waals surface area contributed by atoms with Crippen molar-refractivity contribution in [1.29, 1.82) is 0 Å². The number of carbonyl (C=O) groups is 3. The first-order chi connectivity index (χ1) is 11.8. The normalized spacial score (nSPS) is 20.0. The van der Waals surface area contributed by atoms with Gasteiger partial charge in [0.15, 0.2) is 0 Å². The van der Waals surface area contributed by atoms with Gasteiger partial charge in [0.05, 0.1) is 0 Å². The lowest BCUT2D eigenvalue weighted by atomic mass is 9.90.